The van der Waals surface area contributed by atoms with Crippen LogP contribution in [0.15, 0.2) is 0 Å². The van der Waals surface area contributed by atoms with Crippen molar-refractivity contribution >= 4 is 5.97 Å². The highest BCUT2D eigenvalue weighted by Crippen LogP contribution is 2.49. The molecule has 0 aromatic carbocycles. The molecule has 0 aliphatic heterocycles. The molecule has 2 fully saturated rings. The average Bonchev–Trinajstić information content (AvgIpc) is 3.13. The van der Waals surface area contributed by atoms with Crippen LogP contribution in [0, 0.1) is 23.7 Å². The molecule has 0 amide bonds. The van der Waals surface area contributed by atoms with Gasteiger partial charge in [0.1, 0.15) is 6.61 Å². The molecule has 0 aromatic rings. The first-order valence-electron chi connectivity index (χ1n) is 9.34. The molecule has 142 valence electrons. The van der Waals surface area contributed by atoms with E-state index < -0.39 is 6.10 Å². The minimum Gasteiger partial charge on any atom is -0.463 e. The summed E-state index contributed by atoms with van der Waals surface area (Å²) in [4.78, 5) is 11.6. The fourth-order valence-electron chi connectivity index (χ4n) is 3.60. The zero-order valence-corrected chi connectivity index (χ0v) is 15.8. The Morgan fingerprint density at radius 1 is 1.08 bits per heavy atom. The second-order valence-electron chi connectivity index (χ2n) is 7.67. The van der Waals surface area contributed by atoms with Gasteiger partial charge in [0.05, 0.1) is 32.3 Å². The van der Waals surface area contributed by atoms with Crippen molar-refractivity contribution < 1.29 is 24.1 Å². The molecule has 2 aliphatic carbocycles. The third-order valence-corrected chi connectivity index (χ3v) is 4.59. The van der Waals surface area contributed by atoms with Crippen LogP contribution in [0.25, 0.3) is 0 Å². The molecule has 2 bridgehead atoms. The Morgan fingerprint density at radius 3 is 2.29 bits per heavy atom. The van der Waals surface area contributed by atoms with Crippen molar-refractivity contribution in [3.8, 4) is 0 Å². The van der Waals surface area contributed by atoms with Crippen LogP contribution in [-0.4, -0.2) is 50.7 Å². The molecule has 1 N–H and O–H groups in total. The van der Waals surface area contributed by atoms with E-state index in [1.54, 1.807) is 7.11 Å². The van der Waals surface area contributed by atoms with Crippen LogP contribution in [0.5, 0.6) is 0 Å². The maximum Gasteiger partial charge on any atom is 0.308 e. The molecule has 0 spiro atoms. The van der Waals surface area contributed by atoms with Crippen molar-refractivity contribution in [3.63, 3.8) is 0 Å². The highest BCUT2D eigenvalue weighted by Gasteiger charge is 2.43. The van der Waals surface area contributed by atoms with Gasteiger partial charge in [-0.05, 0) is 42.9 Å². The lowest BCUT2D eigenvalue weighted by Gasteiger charge is -2.26. The Morgan fingerprint density at radius 2 is 1.75 bits per heavy atom. The van der Waals surface area contributed by atoms with Crippen LogP contribution in [0.3, 0.4) is 0 Å². The number of carbonyl (C=O) groups excluding carboxylic acids is 1. The number of fused-ring (bicyclic) bond motifs is 2. The van der Waals surface area contributed by atoms with E-state index in [1.807, 2.05) is 0 Å². The Bertz CT molecular complexity index is 342. The maximum atomic E-state index is 11.6. The number of rotatable bonds is 9. The van der Waals surface area contributed by atoms with Gasteiger partial charge >= 0.3 is 5.97 Å². The predicted molar refractivity (Wildman–Crippen MR) is 93.7 cm³/mol. The number of methoxy groups -OCH3 is 1. The van der Waals surface area contributed by atoms with E-state index in [9.17, 15) is 9.90 Å². The summed E-state index contributed by atoms with van der Waals surface area (Å²) in [6, 6.07) is 0. The molecular weight excluding hydrogens is 308 g/mol. The van der Waals surface area contributed by atoms with Crippen molar-refractivity contribution in [2.75, 3.05) is 33.5 Å². The van der Waals surface area contributed by atoms with E-state index >= 15 is 0 Å². The fourth-order valence-corrected chi connectivity index (χ4v) is 3.60. The van der Waals surface area contributed by atoms with Crippen LogP contribution < -0.4 is 0 Å². The molecular formula is C19H36O5. The van der Waals surface area contributed by atoms with Crippen LogP contribution in [0.2, 0.25) is 0 Å². The molecule has 0 radical (unpaired) electrons. The van der Waals surface area contributed by atoms with Gasteiger partial charge in [-0.1, -0.05) is 27.2 Å². The van der Waals surface area contributed by atoms with E-state index in [4.69, 9.17) is 14.2 Å². The minimum absolute atomic E-state index is 0.117. The van der Waals surface area contributed by atoms with E-state index in [1.165, 1.54) is 19.3 Å². The molecule has 2 saturated carbocycles. The molecule has 0 saturated heterocycles. The minimum atomic E-state index is -0.535. The molecule has 0 aromatic heterocycles. The number of aliphatic hydroxyl groups excluding tert-OH is 1. The van der Waals surface area contributed by atoms with Crippen molar-refractivity contribution in [2.24, 2.45) is 23.7 Å². The normalized spacial score (nSPS) is 26.2. The second-order valence-corrected chi connectivity index (χ2v) is 7.67. The zero-order valence-electron chi connectivity index (χ0n) is 15.8. The van der Waals surface area contributed by atoms with E-state index in [0.717, 1.165) is 18.3 Å². The summed E-state index contributed by atoms with van der Waals surface area (Å²) < 4.78 is 15.1. The SMILES string of the molecule is CC(C)C.COCCOCCOC(=O)CC(O)C1CC2CCC1C2. The van der Waals surface area contributed by atoms with Crippen LogP contribution in [0.4, 0.5) is 0 Å². The molecule has 2 aliphatic rings. The Labute approximate surface area is 147 Å². The second kappa shape index (κ2) is 11.8. The number of carbonyl (C=O) groups is 1. The highest BCUT2D eigenvalue weighted by atomic mass is 16.6. The topological polar surface area (TPSA) is 65.0 Å². The third kappa shape index (κ3) is 8.45. The van der Waals surface area contributed by atoms with Gasteiger partial charge in [0, 0.05) is 7.11 Å². The summed E-state index contributed by atoms with van der Waals surface area (Å²) in [5, 5.41) is 10.2. The van der Waals surface area contributed by atoms with Gasteiger partial charge in [0.15, 0.2) is 0 Å². The van der Waals surface area contributed by atoms with Gasteiger partial charge in [0.2, 0.25) is 0 Å². The smallest absolute Gasteiger partial charge is 0.308 e. The lowest BCUT2D eigenvalue weighted by molar-refractivity contribution is -0.148. The van der Waals surface area contributed by atoms with E-state index in [0.29, 0.717) is 31.7 Å². The Hall–Kier alpha value is -0.650. The van der Waals surface area contributed by atoms with E-state index in [-0.39, 0.29) is 19.0 Å². The summed E-state index contributed by atoms with van der Waals surface area (Å²) >= 11 is 0. The van der Waals surface area contributed by atoms with Crippen molar-refractivity contribution in [3.05, 3.63) is 0 Å². The lowest BCUT2D eigenvalue weighted by atomic mass is 9.83. The standard InChI is InChI=1S/C15H26O5.C4H10/c1-18-4-5-19-6-7-20-15(17)10-14(16)13-9-11-2-3-12(13)8-11;1-4(2)3/h11-14,16H,2-10H2,1H3;4H,1-3H3. The summed E-state index contributed by atoms with van der Waals surface area (Å²) in [5.74, 6) is 2.22. The lowest BCUT2D eigenvalue weighted by Crippen LogP contribution is -2.29. The van der Waals surface area contributed by atoms with Crippen molar-refractivity contribution in [1.82, 2.24) is 0 Å². The number of hydrogen-bond acceptors (Lipinski definition) is 5. The fraction of sp³-hybridized carbons (Fsp3) is 0.947. The van der Waals surface area contributed by atoms with Gasteiger partial charge < -0.3 is 19.3 Å². The molecule has 24 heavy (non-hydrogen) atoms. The summed E-state index contributed by atoms with van der Waals surface area (Å²) in [6.45, 7) is 8.16. The Kier molecular flexibility index (Phi) is 10.5. The number of ether oxygens (including phenoxy) is 3. The summed E-state index contributed by atoms with van der Waals surface area (Å²) in [7, 11) is 1.61. The maximum absolute atomic E-state index is 11.6. The van der Waals surface area contributed by atoms with Crippen LogP contribution in [0.1, 0.15) is 52.9 Å². The van der Waals surface area contributed by atoms with Crippen molar-refractivity contribution in [1.29, 1.82) is 0 Å². The molecule has 0 heterocycles. The van der Waals surface area contributed by atoms with Gasteiger partial charge in [-0.2, -0.15) is 0 Å². The first kappa shape index (κ1) is 21.4. The number of esters is 1. The average molecular weight is 344 g/mol. The monoisotopic (exact) mass is 344 g/mol. The Balaban J connectivity index is 0.000000648. The first-order valence-corrected chi connectivity index (χ1v) is 9.34. The van der Waals surface area contributed by atoms with Gasteiger partial charge in [-0.15, -0.1) is 0 Å². The van der Waals surface area contributed by atoms with Gasteiger partial charge in [-0.25, -0.2) is 0 Å². The highest BCUT2D eigenvalue weighted by molar-refractivity contribution is 5.70. The van der Waals surface area contributed by atoms with Gasteiger partial charge in [-0.3, -0.25) is 4.79 Å². The quantitative estimate of drug-likeness (QED) is 0.514. The zero-order chi connectivity index (χ0) is 17.9. The van der Waals surface area contributed by atoms with E-state index in [2.05, 4.69) is 20.8 Å². The van der Waals surface area contributed by atoms with Crippen molar-refractivity contribution in [2.45, 2.75) is 59.0 Å². The summed E-state index contributed by atoms with van der Waals surface area (Å²) in [5.41, 5.74) is 0. The molecule has 4 atom stereocenters. The summed E-state index contributed by atoms with van der Waals surface area (Å²) in [6.07, 6.45) is 4.42. The first-order chi connectivity index (χ1) is 11.4. The molecule has 5 heteroatoms. The van der Waals surface area contributed by atoms with Crippen LogP contribution in [-0.2, 0) is 19.0 Å². The number of aliphatic hydroxyl groups is 1. The van der Waals surface area contributed by atoms with Crippen LogP contribution >= 0.6 is 0 Å². The molecule has 2 rings (SSSR count). The molecule has 4 unspecified atom stereocenters. The third-order valence-electron chi connectivity index (χ3n) is 4.59. The van der Waals surface area contributed by atoms with Gasteiger partial charge in [0.25, 0.3) is 0 Å². The number of hydrogen-bond donors (Lipinski definition) is 1. The predicted octanol–water partition coefficient (Wildman–Crippen LogP) is 3.04. The molecule has 5 nitrogen and oxygen atoms in total. The largest absolute Gasteiger partial charge is 0.463 e.